The highest BCUT2D eigenvalue weighted by Gasteiger charge is 2.07. The molecule has 0 spiro atoms. The molecule has 0 aromatic rings. The van der Waals surface area contributed by atoms with Crippen LogP contribution in [-0.4, -0.2) is 37.6 Å². The molecule has 0 unspecified atom stereocenters. The zero-order chi connectivity index (χ0) is 13.8. The van der Waals surface area contributed by atoms with E-state index < -0.39 is 0 Å². The van der Waals surface area contributed by atoms with E-state index in [1.807, 2.05) is 6.92 Å². The second kappa shape index (κ2) is 11.0. The molecule has 0 aliphatic carbocycles. The van der Waals surface area contributed by atoms with E-state index in [0.717, 1.165) is 19.3 Å². The summed E-state index contributed by atoms with van der Waals surface area (Å²) in [6.45, 7) is 7.24. The molecular formula is C13H26N2O3. The quantitative estimate of drug-likeness (QED) is 0.457. The molecule has 2 N–H and O–H groups in total. The molecular weight excluding hydrogens is 232 g/mol. The summed E-state index contributed by atoms with van der Waals surface area (Å²) >= 11 is 0. The van der Waals surface area contributed by atoms with Crippen LogP contribution in [0, 0.1) is 0 Å². The molecule has 1 amide bonds. The van der Waals surface area contributed by atoms with Crippen LogP contribution >= 0.6 is 0 Å². The fourth-order valence-electron chi connectivity index (χ4n) is 1.67. The maximum absolute atomic E-state index is 11.1. The van der Waals surface area contributed by atoms with Gasteiger partial charge in [-0.15, -0.1) is 0 Å². The number of carbonyl (C=O) groups excluding carboxylic acids is 2. The van der Waals surface area contributed by atoms with Gasteiger partial charge in [0.1, 0.15) is 0 Å². The average Bonchev–Trinajstić information content (AvgIpc) is 2.32. The van der Waals surface area contributed by atoms with Gasteiger partial charge < -0.3 is 15.4 Å². The number of carbonyl (C=O) groups is 2. The van der Waals surface area contributed by atoms with Gasteiger partial charge in [-0.2, -0.15) is 0 Å². The monoisotopic (exact) mass is 258 g/mol. The maximum Gasteiger partial charge on any atom is 0.307 e. The maximum atomic E-state index is 11.1. The van der Waals surface area contributed by atoms with Crippen molar-refractivity contribution in [2.24, 2.45) is 0 Å². The average molecular weight is 258 g/mol. The van der Waals surface area contributed by atoms with Crippen LogP contribution in [0.5, 0.6) is 0 Å². The first-order valence-electron chi connectivity index (χ1n) is 6.73. The van der Waals surface area contributed by atoms with Crippen molar-refractivity contribution in [2.75, 3.05) is 19.7 Å². The predicted molar refractivity (Wildman–Crippen MR) is 71.2 cm³/mol. The highest BCUT2D eigenvalue weighted by Crippen LogP contribution is 2.01. The summed E-state index contributed by atoms with van der Waals surface area (Å²) in [5.74, 6) is -0.142. The van der Waals surface area contributed by atoms with Crippen LogP contribution in [0.25, 0.3) is 0 Å². The Labute approximate surface area is 110 Å². The largest absolute Gasteiger partial charge is 0.466 e. The number of hydrogen-bond acceptors (Lipinski definition) is 4. The molecule has 0 aliphatic heterocycles. The zero-order valence-corrected chi connectivity index (χ0v) is 11.8. The smallest absolute Gasteiger partial charge is 0.307 e. The van der Waals surface area contributed by atoms with Gasteiger partial charge >= 0.3 is 5.97 Å². The lowest BCUT2D eigenvalue weighted by atomic mass is 10.1. The SMILES string of the molecule is CCOC(=O)CCN[C@@H](CC)CCCNC(C)=O. The van der Waals surface area contributed by atoms with Crippen molar-refractivity contribution in [2.45, 2.75) is 52.5 Å². The van der Waals surface area contributed by atoms with Crippen LogP contribution in [0.2, 0.25) is 0 Å². The second-order valence-corrected chi connectivity index (χ2v) is 4.24. The summed E-state index contributed by atoms with van der Waals surface area (Å²) in [4.78, 5) is 21.8. The van der Waals surface area contributed by atoms with Crippen molar-refractivity contribution in [1.82, 2.24) is 10.6 Å². The predicted octanol–water partition coefficient (Wildman–Crippen LogP) is 1.22. The molecule has 0 fully saturated rings. The van der Waals surface area contributed by atoms with Gasteiger partial charge in [0.2, 0.25) is 5.91 Å². The van der Waals surface area contributed by atoms with E-state index in [1.165, 1.54) is 6.92 Å². The molecule has 0 radical (unpaired) electrons. The molecule has 0 rings (SSSR count). The van der Waals surface area contributed by atoms with Gasteiger partial charge in [-0.05, 0) is 26.2 Å². The van der Waals surface area contributed by atoms with Crippen molar-refractivity contribution in [3.63, 3.8) is 0 Å². The van der Waals surface area contributed by atoms with E-state index in [9.17, 15) is 9.59 Å². The van der Waals surface area contributed by atoms with Crippen molar-refractivity contribution >= 4 is 11.9 Å². The highest BCUT2D eigenvalue weighted by molar-refractivity contribution is 5.72. The van der Waals surface area contributed by atoms with Gasteiger partial charge in [0.15, 0.2) is 0 Å². The first-order chi connectivity index (χ1) is 8.60. The van der Waals surface area contributed by atoms with Crippen molar-refractivity contribution in [3.05, 3.63) is 0 Å². The summed E-state index contributed by atoms with van der Waals surface area (Å²) < 4.78 is 4.86. The molecule has 5 heteroatoms. The summed E-state index contributed by atoms with van der Waals surface area (Å²) in [5, 5.41) is 6.11. The van der Waals surface area contributed by atoms with Gasteiger partial charge in [0.25, 0.3) is 0 Å². The van der Waals surface area contributed by atoms with Crippen molar-refractivity contribution in [3.8, 4) is 0 Å². The van der Waals surface area contributed by atoms with E-state index in [4.69, 9.17) is 4.74 Å². The highest BCUT2D eigenvalue weighted by atomic mass is 16.5. The molecule has 0 aliphatic rings. The number of ether oxygens (including phenoxy) is 1. The fourth-order valence-corrected chi connectivity index (χ4v) is 1.67. The lowest BCUT2D eigenvalue weighted by Gasteiger charge is -2.16. The van der Waals surface area contributed by atoms with Gasteiger partial charge in [0, 0.05) is 26.1 Å². The Morgan fingerprint density at radius 3 is 2.50 bits per heavy atom. The second-order valence-electron chi connectivity index (χ2n) is 4.24. The molecule has 5 nitrogen and oxygen atoms in total. The molecule has 18 heavy (non-hydrogen) atoms. The third kappa shape index (κ3) is 10.1. The van der Waals surface area contributed by atoms with Crippen LogP contribution in [0.3, 0.4) is 0 Å². The van der Waals surface area contributed by atoms with Gasteiger partial charge in [0.05, 0.1) is 13.0 Å². The van der Waals surface area contributed by atoms with Gasteiger partial charge in [-0.1, -0.05) is 6.92 Å². The van der Waals surface area contributed by atoms with E-state index in [0.29, 0.717) is 32.2 Å². The molecule has 0 saturated carbocycles. The van der Waals surface area contributed by atoms with Crippen molar-refractivity contribution < 1.29 is 14.3 Å². The lowest BCUT2D eigenvalue weighted by Crippen LogP contribution is -2.32. The Balaban J connectivity index is 3.57. The minimum atomic E-state index is -0.155. The molecule has 0 heterocycles. The molecule has 0 saturated heterocycles. The summed E-state index contributed by atoms with van der Waals surface area (Å²) in [5.41, 5.74) is 0. The third-order valence-corrected chi connectivity index (χ3v) is 2.66. The molecule has 1 atom stereocenters. The molecule has 106 valence electrons. The Bertz CT molecular complexity index is 244. The van der Waals surface area contributed by atoms with E-state index in [2.05, 4.69) is 17.6 Å². The van der Waals surface area contributed by atoms with Gasteiger partial charge in [-0.3, -0.25) is 9.59 Å². The molecule has 0 aromatic heterocycles. The lowest BCUT2D eigenvalue weighted by molar-refractivity contribution is -0.143. The minimum absolute atomic E-state index is 0.0123. The van der Waals surface area contributed by atoms with Crippen molar-refractivity contribution in [1.29, 1.82) is 0 Å². The Morgan fingerprint density at radius 2 is 1.94 bits per heavy atom. The minimum Gasteiger partial charge on any atom is -0.466 e. The summed E-state index contributed by atoms with van der Waals surface area (Å²) in [6, 6.07) is 0.396. The van der Waals surface area contributed by atoms with E-state index >= 15 is 0 Å². The van der Waals surface area contributed by atoms with Crippen LogP contribution < -0.4 is 10.6 Å². The topological polar surface area (TPSA) is 67.4 Å². The van der Waals surface area contributed by atoms with Crippen LogP contribution in [0.4, 0.5) is 0 Å². The number of nitrogens with one attached hydrogen (secondary N) is 2. The number of esters is 1. The number of hydrogen-bond donors (Lipinski definition) is 2. The van der Waals surface area contributed by atoms with E-state index in [-0.39, 0.29) is 11.9 Å². The standard InChI is InChI=1S/C13H26N2O3/c1-4-12(7-6-9-14-11(3)16)15-10-8-13(17)18-5-2/h12,15H,4-10H2,1-3H3,(H,14,16)/t12-/m0/s1. The van der Waals surface area contributed by atoms with Crippen LogP contribution in [0.15, 0.2) is 0 Å². The first-order valence-corrected chi connectivity index (χ1v) is 6.73. The molecule has 0 bridgehead atoms. The van der Waals surface area contributed by atoms with Gasteiger partial charge in [-0.25, -0.2) is 0 Å². The Morgan fingerprint density at radius 1 is 1.22 bits per heavy atom. The van der Waals surface area contributed by atoms with E-state index in [1.54, 1.807) is 0 Å². The number of rotatable bonds is 10. The first kappa shape index (κ1) is 16.9. The Hall–Kier alpha value is -1.10. The zero-order valence-electron chi connectivity index (χ0n) is 11.8. The summed E-state index contributed by atoms with van der Waals surface area (Å²) in [6.07, 6.45) is 3.38. The third-order valence-electron chi connectivity index (χ3n) is 2.66. The normalized spacial score (nSPS) is 11.9. The fraction of sp³-hybridized carbons (Fsp3) is 0.846. The number of amides is 1. The van der Waals surface area contributed by atoms with Crippen LogP contribution in [-0.2, 0) is 14.3 Å². The summed E-state index contributed by atoms with van der Waals surface area (Å²) in [7, 11) is 0. The molecule has 0 aromatic carbocycles. The van der Waals surface area contributed by atoms with Crippen LogP contribution in [0.1, 0.15) is 46.5 Å². The Kier molecular flexibility index (Phi) is 10.3.